The van der Waals surface area contributed by atoms with E-state index in [4.69, 9.17) is 0 Å². The van der Waals surface area contributed by atoms with Crippen molar-refractivity contribution in [3.8, 4) is 0 Å². The van der Waals surface area contributed by atoms with Gasteiger partial charge in [-0.05, 0) is 38.2 Å². The number of allylic oxidation sites excluding steroid dienone is 4. The summed E-state index contributed by atoms with van der Waals surface area (Å²) < 4.78 is 0. The largest absolute Gasteiger partial charge is 0.352 e. The Bertz CT molecular complexity index is 532. The number of Topliss-reactive ketones (excluding diaryl/α,β-unsaturated/α-hetero) is 1. The van der Waals surface area contributed by atoms with Crippen LogP contribution in [0, 0.1) is 0 Å². The van der Waals surface area contributed by atoms with Gasteiger partial charge in [-0.3, -0.25) is 9.59 Å². The maximum atomic E-state index is 11.8. The average molecular weight is 327 g/mol. The molecule has 0 aliphatic rings. The fraction of sp³-hybridized carbons (Fsp3) is 0.429. The summed E-state index contributed by atoms with van der Waals surface area (Å²) in [6.07, 6.45) is 13.3. The fourth-order valence-corrected chi connectivity index (χ4v) is 2.33. The molecule has 0 aliphatic heterocycles. The van der Waals surface area contributed by atoms with Crippen molar-refractivity contribution in [2.24, 2.45) is 0 Å². The van der Waals surface area contributed by atoms with E-state index in [1.165, 1.54) is 0 Å². The molecule has 1 N–H and O–H groups in total. The summed E-state index contributed by atoms with van der Waals surface area (Å²) in [7, 11) is 0. The summed E-state index contributed by atoms with van der Waals surface area (Å²) in [5.74, 6) is 0.282. The predicted molar refractivity (Wildman–Crippen MR) is 99.6 cm³/mol. The third-order valence-corrected chi connectivity index (χ3v) is 3.71. The van der Waals surface area contributed by atoms with E-state index in [0.29, 0.717) is 32.2 Å². The van der Waals surface area contributed by atoms with Gasteiger partial charge in [-0.15, -0.1) is 0 Å². The summed E-state index contributed by atoms with van der Waals surface area (Å²) in [4.78, 5) is 23.5. The number of benzene rings is 1. The van der Waals surface area contributed by atoms with E-state index in [1.54, 1.807) is 0 Å². The number of carbonyl (C=O) groups is 2. The van der Waals surface area contributed by atoms with E-state index in [1.807, 2.05) is 55.5 Å². The molecule has 130 valence electrons. The molecule has 0 heterocycles. The number of ketones is 1. The number of hydrogen-bond acceptors (Lipinski definition) is 2. The van der Waals surface area contributed by atoms with E-state index in [-0.39, 0.29) is 11.7 Å². The molecule has 0 aliphatic carbocycles. The summed E-state index contributed by atoms with van der Waals surface area (Å²) >= 11 is 0. The SMILES string of the molecule is C/C=C/C=C/CCCCC(=O)CCCC(=O)NCc1ccccc1. The summed E-state index contributed by atoms with van der Waals surface area (Å²) in [5, 5.41) is 2.89. The van der Waals surface area contributed by atoms with E-state index in [0.717, 1.165) is 24.8 Å². The lowest BCUT2D eigenvalue weighted by Gasteiger charge is -2.05. The van der Waals surface area contributed by atoms with Crippen LogP contribution in [0.25, 0.3) is 0 Å². The summed E-state index contributed by atoms with van der Waals surface area (Å²) in [6.45, 7) is 2.54. The van der Waals surface area contributed by atoms with Crippen LogP contribution in [-0.4, -0.2) is 11.7 Å². The predicted octanol–water partition coefficient (Wildman–Crippen LogP) is 4.73. The molecular weight excluding hydrogens is 298 g/mol. The first-order valence-corrected chi connectivity index (χ1v) is 8.82. The minimum absolute atomic E-state index is 0.0146. The molecule has 1 aromatic carbocycles. The van der Waals surface area contributed by atoms with Gasteiger partial charge in [0.2, 0.25) is 5.91 Å². The van der Waals surface area contributed by atoms with Gasteiger partial charge >= 0.3 is 0 Å². The Morgan fingerprint density at radius 2 is 1.71 bits per heavy atom. The van der Waals surface area contributed by atoms with E-state index >= 15 is 0 Å². The zero-order valence-electron chi connectivity index (χ0n) is 14.7. The van der Waals surface area contributed by atoms with Crippen molar-refractivity contribution < 1.29 is 9.59 Å². The normalized spacial score (nSPS) is 11.2. The highest BCUT2D eigenvalue weighted by atomic mass is 16.1. The highest BCUT2D eigenvalue weighted by molar-refractivity contribution is 5.80. The maximum absolute atomic E-state index is 11.8. The van der Waals surface area contributed by atoms with Crippen molar-refractivity contribution in [3.63, 3.8) is 0 Å². The van der Waals surface area contributed by atoms with Crippen LogP contribution < -0.4 is 5.32 Å². The quantitative estimate of drug-likeness (QED) is 0.445. The van der Waals surface area contributed by atoms with Gasteiger partial charge < -0.3 is 5.32 Å². The maximum Gasteiger partial charge on any atom is 0.220 e. The molecule has 24 heavy (non-hydrogen) atoms. The molecule has 3 nitrogen and oxygen atoms in total. The number of unbranched alkanes of at least 4 members (excludes halogenated alkanes) is 2. The van der Waals surface area contributed by atoms with Gasteiger partial charge in [0.15, 0.2) is 0 Å². The van der Waals surface area contributed by atoms with Gasteiger partial charge in [0.1, 0.15) is 5.78 Å². The van der Waals surface area contributed by atoms with Crippen LogP contribution in [-0.2, 0) is 16.1 Å². The molecule has 0 atom stereocenters. The Morgan fingerprint density at radius 1 is 0.958 bits per heavy atom. The van der Waals surface area contributed by atoms with Crippen LogP contribution >= 0.6 is 0 Å². The van der Waals surface area contributed by atoms with Crippen LogP contribution in [0.1, 0.15) is 57.4 Å². The Morgan fingerprint density at radius 3 is 2.46 bits per heavy atom. The number of nitrogens with one attached hydrogen (secondary N) is 1. The molecule has 0 saturated carbocycles. The highest BCUT2D eigenvalue weighted by Gasteiger charge is 2.05. The first-order valence-electron chi connectivity index (χ1n) is 8.82. The van der Waals surface area contributed by atoms with Gasteiger partial charge in [0.05, 0.1) is 0 Å². The van der Waals surface area contributed by atoms with Crippen LogP contribution in [0.15, 0.2) is 54.6 Å². The molecule has 1 amide bonds. The first-order chi connectivity index (χ1) is 11.7. The van der Waals surface area contributed by atoms with E-state index < -0.39 is 0 Å². The molecule has 0 fully saturated rings. The molecule has 0 unspecified atom stereocenters. The van der Waals surface area contributed by atoms with Crippen LogP contribution in [0.3, 0.4) is 0 Å². The molecule has 0 radical (unpaired) electrons. The van der Waals surface area contributed by atoms with Crippen molar-refractivity contribution in [1.29, 1.82) is 0 Å². The number of carbonyl (C=O) groups excluding carboxylic acids is 2. The second kappa shape index (κ2) is 13.3. The molecule has 0 spiro atoms. The van der Waals surface area contributed by atoms with Crippen molar-refractivity contribution in [1.82, 2.24) is 5.32 Å². The van der Waals surface area contributed by atoms with Gasteiger partial charge in [-0.25, -0.2) is 0 Å². The summed E-state index contributed by atoms with van der Waals surface area (Å²) in [6, 6.07) is 9.83. The highest BCUT2D eigenvalue weighted by Crippen LogP contribution is 2.06. The zero-order chi connectivity index (χ0) is 17.5. The lowest BCUT2D eigenvalue weighted by Crippen LogP contribution is -2.22. The van der Waals surface area contributed by atoms with Crippen molar-refractivity contribution >= 4 is 11.7 Å². The van der Waals surface area contributed by atoms with Crippen LogP contribution in [0.2, 0.25) is 0 Å². The van der Waals surface area contributed by atoms with Crippen LogP contribution in [0.4, 0.5) is 0 Å². The van der Waals surface area contributed by atoms with Crippen molar-refractivity contribution in [3.05, 3.63) is 60.2 Å². The monoisotopic (exact) mass is 327 g/mol. The second-order valence-corrected chi connectivity index (χ2v) is 5.85. The van der Waals surface area contributed by atoms with Gasteiger partial charge in [0, 0.05) is 25.8 Å². The Labute approximate surface area is 145 Å². The van der Waals surface area contributed by atoms with Crippen LogP contribution in [0.5, 0.6) is 0 Å². The minimum Gasteiger partial charge on any atom is -0.352 e. The smallest absolute Gasteiger partial charge is 0.220 e. The molecule has 1 aromatic rings. The van der Waals surface area contributed by atoms with Crippen molar-refractivity contribution in [2.45, 2.75) is 58.4 Å². The summed E-state index contributed by atoms with van der Waals surface area (Å²) in [5.41, 5.74) is 1.09. The topological polar surface area (TPSA) is 46.2 Å². The molecule has 1 rings (SSSR count). The third kappa shape index (κ3) is 10.5. The van der Waals surface area contributed by atoms with E-state index in [2.05, 4.69) is 11.4 Å². The lowest BCUT2D eigenvalue weighted by atomic mass is 10.1. The zero-order valence-corrected chi connectivity index (χ0v) is 14.7. The fourth-order valence-electron chi connectivity index (χ4n) is 2.33. The molecular formula is C21H29NO2. The second-order valence-electron chi connectivity index (χ2n) is 5.85. The molecule has 0 bridgehead atoms. The number of rotatable bonds is 12. The Hall–Kier alpha value is -2.16. The number of amides is 1. The molecule has 0 saturated heterocycles. The Kier molecular flexibility index (Phi) is 11.0. The lowest BCUT2D eigenvalue weighted by molar-refractivity contribution is -0.121. The van der Waals surface area contributed by atoms with Gasteiger partial charge in [-0.1, -0.05) is 54.6 Å². The third-order valence-electron chi connectivity index (χ3n) is 3.71. The van der Waals surface area contributed by atoms with Crippen molar-refractivity contribution in [2.75, 3.05) is 0 Å². The minimum atomic E-state index is 0.0146. The van der Waals surface area contributed by atoms with Gasteiger partial charge in [-0.2, -0.15) is 0 Å². The molecule has 3 heteroatoms. The van der Waals surface area contributed by atoms with Gasteiger partial charge in [0.25, 0.3) is 0 Å². The van der Waals surface area contributed by atoms with E-state index in [9.17, 15) is 9.59 Å². The standard InChI is InChI=1S/C21H29NO2/c1-2-3-4-5-6-7-11-15-20(23)16-12-17-21(24)22-18-19-13-9-8-10-14-19/h2-5,8-10,13-14H,6-7,11-12,15-18H2,1H3,(H,22,24)/b3-2+,5-4+. The first kappa shape index (κ1) is 19.9. The average Bonchev–Trinajstić information content (AvgIpc) is 2.60. The number of hydrogen-bond donors (Lipinski definition) is 1. The Balaban J connectivity index is 2.01. The molecule has 0 aromatic heterocycles.